The molecule has 0 aromatic carbocycles. The van der Waals surface area contributed by atoms with E-state index in [4.69, 9.17) is 38.9 Å². The van der Waals surface area contributed by atoms with Gasteiger partial charge in [-0.25, -0.2) is 9.36 Å². The van der Waals surface area contributed by atoms with Crippen LogP contribution in [0, 0.1) is 0 Å². The fourth-order valence-corrected chi connectivity index (χ4v) is 3.23. The average Bonchev–Trinajstić information content (AvgIpc) is 3.06. The normalized spacial score (nSPS) is 33.4. The van der Waals surface area contributed by atoms with Crippen LogP contribution in [0.2, 0.25) is 0 Å². The minimum Gasteiger partial charge on any atom is -0.394 e. The molecule has 3 rings (SSSR count). The molecular weight excluding hydrogens is 533 g/mol. The van der Waals surface area contributed by atoms with Gasteiger partial charge in [-0.3, -0.25) is 19.1 Å². The first kappa shape index (κ1) is 32.9. The zero-order valence-corrected chi connectivity index (χ0v) is 20.0. The van der Waals surface area contributed by atoms with Crippen molar-refractivity contribution in [1.82, 2.24) is 14.9 Å². The van der Waals surface area contributed by atoms with Gasteiger partial charge in [-0.2, -0.15) is 0 Å². The summed E-state index contributed by atoms with van der Waals surface area (Å²) < 4.78 is 19.8. The molecule has 9 atom stereocenters. The summed E-state index contributed by atoms with van der Waals surface area (Å²) >= 11 is 0. The van der Waals surface area contributed by atoms with Crippen LogP contribution in [0.1, 0.15) is 13.2 Å². The third-order valence-electron chi connectivity index (χ3n) is 4.91. The molecule has 19 nitrogen and oxygen atoms in total. The lowest BCUT2D eigenvalue weighted by Crippen LogP contribution is -2.63. The van der Waals surface area contributed by atoms with E-state index in [9.17, 15) is 39.9 Å². The summed E-state index contributed by atoms with van der Waals surface area (Å²) in [6.45, 7) is 0.207. The van der Waals surface area contributed by atoms with Crippen LogP contribution in [0.5, 0.6) is 0 Å². The smallest absolute Gasteiger partial charge is 0.394 e. The average molecular weight is 563 g/mol. The van der Waals surface area contributed by atoms with Gasteiger partial charge in [0.15, 0.2) is 12.5 Å². The first-order chi connectivity index (χ1) is 17.0. The summed E-state index contributed by atoms with van der Waals surface area (Å²) in [6.07, 6.45) is -8.82. The Morgan fingerprint density at radius 3 is 1.89 bits per heavy atom. The topological polar surface area (TPSA) is 322 Å². The van der Waals surface area contributed by atoms with Crippen molar-refractivity contribution in [3.8, 4) is 0 Å². The van der Waals surface area contributed by atoms with E-state index in [1.807, 2.05) is 4.98 Å². The Kier molecular flexibility index (Phi) is 12.6. The summed E-state index contributed by atoms with van der Waals surface area (Å²) in [4.78, 5) is 56.6. The predicted octanol–water partition coefficient (Wildman–Crippen LogP) is -6.86. The molecule has 2 aliphatic heterocycles. The van der Waals surface area contributed by atoms with Gasteiger partial charge in [-0.1, -0.05) is 0 Å². The highest BCUT2D eigenvalue weighted by Crippen LogP contribution is 2.27. The van der Waals surface area contributed by atoms with E-state index in [1.54, 1.807) is 0 Å². The van der Waals surface area contributed by atoms with E-state index >= 15 is 0 Å². The van der Waals surface area contributed by atoms with Crippen LogP contribution in [0.3, 0.4) is 0 Å². The second-order valence-corrected chi connectivity index (χ2v) is 8.74. The summed E-state index contributed by atoms with van der Waals surface area (Å²) in [5.41, 5.74) is -1.33. The van der Waals surface area contributed by atoms with Crippen molar-refractivity contribution in [2.24, 2.45) is 0 Å². The number of aromatic amines is 1. The number of nitrogens with one attached hydrogen (secondary N) is 2. The first-order valence-corrected chi connectivity index (χ1v) is 11.9. The lowest BCUT2D eigenvalue weighted by atomic mass is 9.97. The number of amides is 1. The molecule has 3 heterocycles. The highest BCUT2D eigenvalue weighted by atomic mass is 31.2. The second kappa shape index (κ2) is 14.2. The van der Waals surface area contributed by atoms with E-state index < -0.39 is 93.4 Å². The Bertz CT molecular complexity index is 1020. The van der Waals surface area contributed by atoms with Gasteiger partial charge in [-0.05, 0) is 0 Å². The molecule has 0 unspecified atom stereocenters. The number of aliphatic hydroxyl groups is 7. The fraction of sp³-hybridized carbons (Fsp3) is 0.706. The molecule has 2 aliphatic rings. The molecule has 12 N–H and O–H groups in total. The van der Waals surface area contributed by atoms with Crippen molar-refractivity contribution in [2.45, 2.75) is 62.1 Å². The van der Waals surface area contributed by atoms with Crippen LogP contribution in [0.15, 0.2) is 21.9 Å². The van der Waals surface area contributed by atoms with Crippen LogP contribution in [0.4, 0.5) is 0 Å². The van der Waals surface area contributed by atoms with E-state index in [1.165, 1.54) is 6.92 Å². The summed E-state index contributed by atoms with van der Waals surface area (Å²) in [7, 11) is -4.64. The molecule has 0 saturated carbocycles. The van der Waals surface area contributed by atoms with Gasteiger partial charge in [0.05, 0.1) is 13.2 Å². The Morgan fingerprint density at radius 1 is 0.973 bits per heavy atom. The molecule has 2 fully saturated rings. The number of nitrogens with zero attached hydrogens (tertiary/aromatic N) is 1. The standard InChI is InChI=1S/C9H12N2O6.C8H15NO6.H3O4P/c12-3-4-6(14)7(15)8(17-4)11-2-1-5(13)10-9(11)16;1-3(11)9-5-7(13)6(12)4(2-10)15-8(5)14;1-5(2,3)4/h1-2,4,6-8,12,14-15H,3H2,(H,10,13,16);4-8,10,12-14H,2H2,1H3,(H,9,11);(H3,1,2,3,4)/t4-,6-,7-,8-;4-,5-,6-,7-,8-;/m11./s1. The van der Waals surface area contributed by atoms with Gasteiger partial charge < -0.3 is 65.2 Å². The van der Waals surface area contributed by atoms with Crippen molar-refractivity contribution in [2.75, 3.05) is 13.2 Å². The third kappa shape index (κ3) is 9.94. The van der Waals surface area contributed by atoms with Crippen LogP contribution < -0.4 is 16.6 Å². The molecule has 1 aromatic rings. The summed E-state index contributed by atoms with van der Waals surface area (Å²) in [6, 6.07) is -0.00356. The minimum atomic E-state index is -4.64. The fourth-order valence-electron chi connectivity index (χ4n) is 3.23. The van der Waals surface area contributed by atoms with Crippen molar-refractivity contribution in [3.05, 3.63) is 33.1 Å². The first-order valence-electron chi connectivity index (χ1n) is 10.3. The number of H-pyrrole nitrogens is 1. The Labute approximate surface area is 207 Å². The van der Waals surface area contributed by atoms with Crippen molar-refractivity contribution >= 4 is 13.7 Å². The van der Waals surface area contributed by atoms with E-state index in [-0.39, 0.29) is 0 Å². The van der Waals surface area contributed by atoms with Crippen LogP contribution in [-0.2, 0) is 18.8 Å². The van der Waals surface area contributed by atoms with E-state index in [0.29, 0.717) is 0 Å². The number of ether oxygens (including phenoxy) is 2. The summed E-state index contributed by atoms with van der Waals surface area (Å²) in [5.74, 6) is -0.462. The molecule has 0 aliphatic carbocycles. The largest absolute Gasteiger partial charge is 0.466 e. The molecule has 1 amide bonds. The van der Waals surface area contributed by atoms with Crippen LogP contribution in [-0.4, -0.2) is 128 Å². The molecule has 0 spiro atoms. The number of hydrogen-bond acceptors (Lipinski definition) is 13. The lowest BCUT2D eigenvalue weighted by Gasteiger charge is -2.40. The molecule has 214 valence electrons. The maximum atomic E-state index is 11.4. The molecule has 1 aromatic heterocycles. The van der Waals surface area contributed by atoms with Gasteiger partial charge in [0, 0.05) is 19.2 Å². The number of aliphatic hydroxyl groups excluding tert-OH is 7. The maximum absolute atomic E-state index is 11.4. The Morgan fingerprint density at radius 2 is 1.46 bits per heavy atom. The predicted molar refractivity (Wildman–Crippen MR) is 116 cm³/mol. The van der Waals surface area contributed by atoms with Gasteiger partial charge in [0.2, 0.25) is 5.91 Å². The van der Waals surface area contributed by atoms with Crippen LogP contribution in [0.25, 0.3) is 0 Å². The maximum Gasteiger partial charge on any atom is 0.466 e. The highest BCUT2D eigenvalue weighted by Gasteiger charge is 2.44. The monoisotopic (exact) mass is 563 g/mol. The number of carbonyl (C=O) groups is 1. The SMILES string of the molecule is CC(=O)N[C@@H]1[C@@H](O)[C@H](O)[C@@H](CO)O[C@H]1O.O=P(O)(O)O.O=c1ccn([C@@H]2O[C@H](CO)[C@@H](O)[C@H]2O)c(=O)[nH]1. The third-order valence-corrected chi connectivity index (χ3v) is 4.91. The number of carbonyl (C=O) groups excluding carboxylic acids is 1. The van der Waals surface area contributed by atoms with E-state index in [2.05, 4.69) is 5.32 Å². The Hall–Kier alpha value is -2.10. The quantitative estimate of drug-likeness (QED) is 0.151. The zero-order chi connectivity index (χ0) is 28.7. The van der Waals surface area contributed by atoms with Crippen LogP contribution >= 0.6 is 7.82 Å². The molecule has 0 radical (unpaired) electrons. The van der Waals surface area contributed by atoms with Gasteiger partial charge in [0.1, 0.15) is 42.7 Å². The van der Waals surface area contributed by atoms with Gasteiger partial charge in [-0.15, -0.1) is 0 Å². The molecule has 2 saturated heterocycles. The second-order valence-electron chi connectivity index (χ2n) is 7.71. The molecule has 0 bridgehead atoms. The summed E-state index contributed by atoms with van der Waals surface area (Å²) in [5, 5.41) is 67.5. The molecule has 37 heavy (non-hydrogen) atoms. The Balaban J connectivity index is 0.000000316. The van der Waals surface area contributed by atoms with Crippen molar-refractivity contribution in [3.63, 3.8) is 0 Å². The van der Waals surface area contributed by atoms with Gasteiger partial charge in [0.25, 0.3) is 5.56 Å². The minimum absolute atomic E-state index is 0.462. The number of rotatable bonds is 4. The molecule has 20 heteroatoms. The highest BCUT2D eigenvalue weighted by molar-refractivity contribution is 7.45. The van der Waals surface area contributed by atoms with E-state index in [0.717, 1.165) is 16.8 Å². The number of phosphoric acid groups is 1. The lowest BCUT2D eigenvalue weighted by molar-refractivity contribution is -0.253. The number of hydrogen-bond donors (Lipinski definition) is 12. The molecular formula is C17H30N3O16P. The zero-order valence-electron chi connectivity index (χ0n) is 19.1. The number of aromatic nitrogens is 2. The van der Waals surface area contributed by atoms with Crippen molar-refractivity contribution < 1.29 is 69.3 Å². The van der Waals surface area contributed by atoms with Gasteiger partial charge >= 0.3 is 13.5 Å². The van der Waals surface area contributed by atoms with Crippen molar-refractivity contribution in [1.29, 1.82) is 0 Å².